The highest BCUT2D eigenvalue weighted by Crippen LogP contribution is 2.29. The van der Waals surface area contributed by atoms with Gasteiger partial charge in [0.1, 0.15) is 0 Å². The molecule has 3 rings (SSSR count). The first kappa shape index (κ1) is 18.2. The van der Waals surface area contributed by atoms with Crippen LogP contribution in [0, 0.1) is 13.8 Å². The summed E-state index contributed by atoms with van der Waals surface area (Å²) >= 11 is 1.20. The Balaban J connectivity index is 1.58. The molecule has 134 valence electrons. The fraction of sp³-hybridized carbons (Fsp3) is 0.250. The van der Waals surface area contributed by atoms with E-state index in [1.54, 1.807) is 24.3 Å². The van der Waals surface area contributed by atoms with Gasteiger partial charge in [-0.05, 0) is 49.2 Å². The van der Waals surface area contributed by atoms with Crippen molar-refractivity contribution in [1.29, 1.82) is 0 Å². The molecule has 3 amide bonds. The molecule has 2 aromatic carbocycles. The highest BCUT2D eigenvalue weighted by molar-refractivity contribution is 8.01. The smallest absolute Gasteiger partial charge is 0.247 e. The number of aryl methyl sites for hydroxylation is 2. The number of benzene rings is 2. The third kappa shape index (κ3) is 3.96. The summed E-state index contributed by atoms with van der Waals surface area (Å²) in [6, 6.07) is 14.6. The van der Waals surface area contributed by atoms with Crippen molar-refractivity contribution in [3.63, 3.8) is 0 Å². The molecule has 1 aliphatic heterocycles. The van der Waals surface area contributed by atoms with E-state index >= 15 is 0 Å². The quantitative estimate of drug-likeness (QED) is 0.823. The largest absolute Gasteiger partial charge is 0.325 e. The average molecular weight is 368 g/mol. The standard InChI is InChI=1S/C20H20N2O3S/c1-13-8-9-15(10-14(13)2)21-18(23)12-26-17-11-19(24)22(20(17)25)16-6-4-3-5-7-16/h3-10,17H,11-12H2,1-2H3,(H,21,23)/t17-/m0/s1. The highest BCUT2D eigenvalue weighted by atomic mass is 32.2. The molecule has 1 heterocycles. The van der Waals surface area contributed by atoms with Gasteiger partial charge in [-0.3, -0.25) is 14.4 Å². The number of nitrogens with one attached hydrogen (secondary N) is 1. The fourth-order valence-corrected chi connectivity index (χ4v) is 3.71. The predicted molar refractivity (Wildman–Crippen MR) is 104 cm³/mol. The van der Waals surface area contributed by atoms with Crippen LogP contribution in [0.2, 0.25) is 0 Å². The number of carbonyl (C=O) groups is 3. The molecule has 1 N–H and O–H groups in total. The van der Waals surface area contributed by atoms with Gasteiger partial charge in [0.15, 0.2) is 0 Å². The van der Waals surface area contributed by atoms with E-state index in [-0.39, 0.29) is 29.9 Å². The molecule has 0 unspecified atom stereocenters. The number of imide groups is 1. The topological polar surface area (TPSA) is 66.5 Å². The van der Waals surface area contributed by atoms with Crippen molar-refractivity contribution in [2.24, 2.45) is 0 Å². The SMILES string of the molecule is Cc1ccc(NC(=O)CS[C@H]2CC(=O)N(c3ccccc3)C2=O)cc1C. The average Bonchev–Trinajstić information content (AvgIpc) is 2.91. The first-order chi connectivity index (χ1) is 12.5. The Hall–Kier alpha value is -2.60. The Morgan fingerprint density at radius 3 is 2.54 bits per heavy atom. The van der Waals surface area contributed by atoms with Crippen molar-refractivity contribution in [1.82, 2.24) is 0 Å². The molecule has 0 spiro atoms. The third-order valence-electron chi connectivity index (χ3n) is 4.33. The number of amides is 3. The minimum absolute atomic E-state index is 0.120. The third-order valence-corrected chi connectivity index (χ3v) is 5.53. The van der Waals surface area contributed by atoms with Crippen molar-refractivity contribution < 1.29 is 14.4 Å². The van der Waals surface area contributed by atoms with Crippen LogP contribution in [0.1, 0.15) is 17.5 Å². The van der Waals surface area contributed by atoms with Crippen molar-refractivity contribution in [3.8, 4) is 0 Å². The summed E-state index contributed by atoms with van der Waals surface area (Å²) in [5.74, 6) is -0.547. The number of thioether (sulfide) groups is 1. The molecule has 1 fully saturated rings. The molecule has 6 heteroatoms. The Morgan fingerprint density at radius 1 is 1.12 bits per heavy atom. The van der Waals surface area contributed by atoms with E-state index in [9.17, 15) is 14.4 Å². The first-order valence-corrected chi connectivity index (χ1v) is 9.41. The van der Waals surface area contributed by atoms with E-state index in [0.717, 1.165) is 16.8 Å². The van der Waals surface area contributed by atoms with Crippen molar-refractivity contribution in [3.05, 3.63) is 59.7 Å². The maximum absolute atomic E-state index is 12.5. The molecule has 1 saturated heterocycles. The monoisotopic (exact) mass is 368 g/mol. The zero-order valence-corrected chi connectivity index (χ0v) is 15.5. The Labute approximate surface area is 156 Å². The second-order valence-corrected chi connectivity index (χ2v) is 7.44. The maximum atomic E-state index is 12.5. The summed E-state index contributed by atoms with van der Waals surface area (Å²) in [7, 11) is 0. The minimum Gasteiger partial charge on any atom is -0.325 e. The normalized spacial score (nSPS) is 16.8. The van der Waals surface area contributed by atoms with Gasteiger partial charge >= 0.3 is 0 Å². The summed E-state index contributed by atoms with van der Waals surface area (Å²) in [6.45, 7) is 4.00. The number of rotatable bonds is 5. The lowest BCUT2D eigenvalue weighted by molar-refractivity contribution is -0.121. The second-order valence-electron chi connectivity index (χ2n) is 6.25. The van der Waals surface area contributed by atoms with Crippen LogP contribution >= 0.6 is 11.8 Å². The van der Waals surface area contributed by atoms with Crippen LogP contribution in [0.3, 0.4) is 0 Å². The molecule has 1 atom stereocenters. The van der Waals surface area contributed by atoms with Crippen LogP contribution in [0.15, 0.2) is 48.5 Å². The Morgan fingerprint density at radius 2 is 1.85 bits per heavy atom. The molecule has 1 aliphatic rings. The molecule has 26 heavy (non-hydrogen) atoms. The van der Waals surface area contributed by atoms with Gasteiger partial charge in [-0.25, -0.2) is 4.90 Å². The van der Waals surface area contributed by atoms with E-state index in [1.807, 2.05) is 38.1 Å². The lowest BCUT2D eigenvalue weighted by Crippen LogP contribution is -2.31. The van der Waals surface area contributed by atoms with Gasteiger partial charge in [0.2, 0.25) is 17.7 Å². The van der Waals surface area contributed by atoms with Crippen molar-refractivity contribution >= 4 is 40.9 Å². The molecular weight excluding hydrogens is 348 g/mol. The van der Waals surface area contributed by atoms with Crippen molar-refractivity contribution in [2.75, 3.05) is 16.0 Å². The van der Waals surface area contributed by atoms with E-state index < -0.39 is 5.25 Å². The second kappa shape index (κ2) is 7.74. The van der Waals surface area contributed by atoms with E-state index in [2.05, 4.69) is 5.32 Å². The van der Waals surface area contributed by atoms with Gasteiger partial charge in [-0.1, -0.05) is 24.3 Å². The first-order valence-electron chi connectivity index (χ1n) is 8.36. The summed E-state index contributed by atoms with van der Waals surface area (Å²) in [4.78, 5) is 38.1. The predicted octanol–water partition coefficient (Wildman–Crippen LogP) is 3.31. The molecule has 5 nitrogen and oxygen atoms in total. The number of hydrogen-bond acceptors (Lipinski definition) is 4. The molecular formula is C20H20N2O3S. The summed E-state index contributed by atoms with van der Waals surface area (Å²) in [5, 5.41) is 2.31. The zero-order chi connectivity index (χ0) is 18.7. The number of para-hydroxylation sites is 1. The molecule has 0 radical (unpaired) electrons. The highest BCUT2D eigenvalue weighted by Gasteiger charge is 2.39. The minimum atomic E-state index is -0.520. The lowest BCUT2D eigenvalue weighted by atomic mass is 10.1. The van der Waals surface area contributed by atoms with E-state index in [1.165, 1.54) is 16.7 Å². The molecule has 0 saturated carbocycles. The van der Waals surface area contributed by atoms with Gasteiger partial charge < -0.3 is 5.32 Å². The van der Waals surface area contributed by atoms with Gasteiger partial charge in [-0.2, -0.15) is 0 Å². The van der Waals surface area contributed by atoms with Gasteiger partial charge in [0, 0.05) is 12.1 Å². The van der Waals surface area contributed by atoms with Crippen LogP contribution in [0.4, 0.5) is 11.4 Å². The van der Waals surface area contributed by atoms with Crippen LogP contribution in [-0.4, -0.2) is 28.7 Å². The van der Waals surface area contributed by atoms with Gasteiger partial charge in [-0.15, -0.1) is 11.8 Å². The maximum Gasteiger partial charge on any atom is 0.247 e. The molecule has 0 bridgehead atoms. The number of anilines is 2. The Bertz CT molecular complexity index is 851. The summed E-state index contributed by atoms with van der Waals surface area (Å²) < 4.78 is 0. The zero-order valence-electron chi connectivity index (χ0n) is 14.7. The van der Waals surface area contributed by atoms with Crippen LogP contribution in [0.5, 0.6) is 0 Å². The van der Waals surface area contributed by atoms with E-state index in [4.69, 9.17) is 0 Å². The number of hydrogen-bond donors (Lipinski definition) is 1. The van der Waals surface area contributed by atoms with Gasteiger partial charge in [0.25, 0.3) is 0 Å². The Kier molecular flexibility index (Phi) is 5.42. The van der Waals surface area contributed by atoms with Crippen molar-refractivity contribution in [2.45, 2.75) is 25.5 Å². The molecule has 0 aromatic heterocycles. The summed E-state index contributed by atoms with van der Waals surface area (Å²) in [6.07, 6.45) is 0.120. The van der Waals surface area contributed by atoms with Crippen LogP contribution in [0.25, 0.3) is 0 Å². The lowest BCUT2D eigenvalue weighted by Gasteiger charge is -2.14. The molecule has 0 aliphatic carbocycles. The number of nitrogens with zero attached hydrogens (tertiary/aromatic N) is 1. The van der Waals surface area contributed by atoms with Crippen LogP contribution in [-0.2, 0) is 14.4 Å². The summed E-state index contributed by atoms with van der Waals surface area (Å²) in [5.41, 5.74) is 3.57. The number of carbonyl (C=O) groups excluding carboxylic acids is 3. The molecule has 2 aromatic rings. The van der Waals surface area contributed by atoms with Gasteiger partial charge in [0.05, 0.1) is 16.7 Å². The van der Waals surface area contributed by atoms with E-state index in [0.29, 0.717) is 5.69 Å². The van der Waals surface area contributed by atoms with Crippen LogP contribution < -0.4 is 10.2 Å². The fourth-order valence-electron chi connectivity index (χ4n) is 2.78.